The molecule has 2 aliphatic rings. The molecule has 15 heteroatoms. The molecule has 2 aliphatic heterocycles. The van der Waals surface area contributed by atoms with Crippen molar-refractivity contribution in [1.29, 1.82) is 0 Å². The molecule has 62 heavy (non-hydrogen) atoms. The molecule has 0 radical (unpaired) electrons. The fraction of sp³-hybridized carbons (Fsp3) is 0.447. The predicted octanol–water partition coefficient (Wildman–Crippen LogP) is 6.78. The number of carbonyl (C=O) groups excluding carboxylic acids is 1. The van der Waals surface area contributed by atoms with Crippen molar-refractivity contribution in [3.05, 3.63) is 102 Å². The van der Waals surface area contributed by atoms with Crippen molar-refractivity contribution >= 4 is 23.1 Å². The maximum absolute atomic E-state index is 12.4. The number of pyridine rings is 1. The number of aromatic nitrogens is 3. The van der Waals surface area contributed by atoms with Crippen molar-refractivity contribution in [2.24, 2.45) is 7.05 Å². The smallest absolute Gasteiger partial charge is 0.410 e. The molecule has 2 fully saturated rings. The molecule has 3 aromatic carbocycles. The van der Waals surface area contributed by atoms with Gasteiger partial charge in [0.2, 0.25) is 11.8 Å². The van der Waals surface area contributed by atoms with Gasteiger partial charge in [0.25, 0.3) is 0 Å². The van der Waals surface area contributed by atoms with Gasteiger partial charge in [-0.1, -0.05) is 60.7 Å². The SMILES string of the molecule is Cn1nc(-c2ccc(OCc3ccccc3)nc2OCc2ccccc2)c2ccc(OCCCN3CCN(C(=O)OC(C)(C)C)CC3)cc21.O=C(O)N1CCN(CCCO)CC1. The third-order valence-corrected chi connectivity index (χ3v) is 10.5. The van der Waals surface area contributed by atoms with E-state index in [1.807, 2.05) is 123 Å². The summed E-state index contributed by atoms with van der Waals surface area (Å²) in [4.78, 5) is 35.4. The summed E-state index contributed by atoms with van der Waals surface area (Å²) in [6.07, 6.45) is 0.587. The Labute approximate surface area is 364 Å². The lowest BCUT2D eigenvalue weighted by atomic mass is 10.1. The zero-order valence-electron chi connectivity index (χ0n) is 36.4. The van der Waals surface area contributed by atoms with Crippen molar-refractivity contribution in [3.63, 3.8) is 0 Å². The number of aliphatic hydroxyl groups is 1. The van der Waals surface area contributed by atoms with Gasteiger partial charge in [-0.3, -0.25) is 14.5 Å². The Morgan fingerprint density at radius 1 is 0.710 bits per heavy atom. The number of hydrogen-bond acceptors (Lipinski definition) is 11. The van der Waals surface area contributed by atoms with Crippen LogP contribution in [0, 0.1) is 0 Å². The summed E-state index contributed by atoms with van der Waals surface area (Å²) in [6, 6.07) is 29.9. The third-order valence-electron chi connectivity index (χ3n) is 10.5. The van der Waals surface area contributed by atoms with Crippen LogP contribution in [-0.4, -0.2) is 141 Å². The van der Waals surface area contributed by atoms with Crippen LogP contribution in [0.1, 0.15) is 44.7 Å². The van der Waals surface area contributed by atoms with Crippen LogP contribution in [-0.2, 0) is 25.0 Å². The van der Waals surface area contributed by atoms with E-state index in [-0.39, 0.29) is 12.7 Å². The quantitative estimate of drug-likeness (QED) is 0.107. The van der Waals surface area contributed by atoms with Crippen LogP contribution < -0.4 is 14.2 Å². The molecule has 2 aromatic heterocycles. The first-order valence-electron chi connectivity index (χ1n) is 21.4. The second-order valence-electron chi connectivity index (χ2n) is 16.4. The number of hydrogen-bond donors (Lipinski definition) is 2. The molecule has 0 spiro atoms. The molecule has 15 nitrogen and oxygen atoms in total. The number of rotatable bonds is 15. The molecule has 0 aliphatic carbocycles. The monoisotopic (exact) mass is 851 g/mol. The Hall–Kier alpha value is -5.90. The van der Waals surface area contributed by atoms with E-state index < -0.39 is 11.7 Å². The molecule has 2 saturated heterocycles. The van der Waals surface area contributed by atoms with Crippen LogP contribution in [0.3, 0.4) is 0 Å². The summed E-state index contributed by atoms with van der Waals surface area (Å²) in [5.74, 6) is 1.73. The average molecular weight is 852 g/mol. The Morgan fingerprint density at radius 3 is 1.90 bits per heavy atom. The topological polar surface area (TPSA) is 155 Å². The first kappa shape index (κ1) is 45.6. The van der Waals surface area contributed by atoms with Crippen molar-refractivity contribution in [2.45, 2.75) is 52.4 Å². The van der Waals surface area contributed by atoms with E-state index in [1.54, 1.807) is 4.90 Å². The predicted molar refractivity (Wildman–Crippen MR) is 238 cm³/mol. The third kappa shape index (κ3) is 13.6. The number of ether oxygens (including phenoxy) is 4. The molecule has 0 unspecified atom stereocenters. The van der Waals surface area contributed by atoms with E-state index in [9.17, 15) is 9.59 Å². The average Bonchev–Trinajstić information content (AvgIpc) is 3.61. The minimum atomic E-state index is -0.832. The number of carboxylic acid groups (broad SMARTS) is 1. The number of nitrogens with zero attached hydrogens (tertiary/aromatic N) is 7. The van der Waals surface area contributed by atoms with Crippen molar-refractivity contribution in [1.82, 2.24) is 34.4 Å². The Bertz CT molecular complexity index is 2160. The number of piperazine rings is 2. The first-order valence-corrected chi connectivity index (χ1v) is 21.4. The lowest BCUT2D eigenvalue weighted by Gasteiger charge is -2.35. The highest BCUT2D eigenvalue weighted by atomic mass is 16.6. The first-order chi connectivity index (χ1) is 30.0. The van der Waals surface area contributed by atoms with Crippen LogP contribution in [0.15, 0.2) is 91.0 Å². The van der Waals surface area contributed by atoms with Gasteiger partial charge in [-0.25, -0.2) is 9.59 Å². The Morgan fingerprint density at radius 2 is 1.31 bits per heavy atom. The number of carbonyl (C=O) groups is 2. The number of benzene rings is 3. The highest BCUT2D eigenvalue weighted by Gasteiger charge is 2.26. The summed E-state index contributed by atoms with van der Waals surface area (Å²) in [5.41, 5.74) is 4.14. The van der Waals surface area contributed by atoms with E-state index in [1.165, 1.54) is 4.90 Å². The maximum Gasteiger partial charge on any atom is 0.410 e. The van der Waals surface area contributed by atoms with Gasteiger partial charge in [0.15, 0.2) is 0 Å². The Kier molecular flexibility index (Phi) is 16.4. The molecule has 7 rings (SSSR count). The number of amides is 2. The van der Waals surface area contributed by atoms with Crippen molar-refractivity contribution < 1.29 is 38.7 Å². The Balaban J connectivity index is 0.000000423. The van der Waals surface area contributed by atoms with E-state index in [4.69, 9.17) is 39.2 Å². The summed E-state index contributed by atoms with van der Waals surface area (Å²) in [6.45, 7) is 14.8. The van der Waals surface area contributed by atoms with E-state index in [2.05, 4.69) is 9.80 Å². The molecule has 0 bridgehead atoms. The van der Waals surface area contributed by atoms with E-state index >= 15 is 0 Å². The molecule has 2 N–H and O–H groups in total. The zero-order valence-corrected chi connectivity index (χ0v) is 36.4. The molecule has 4 heterocycles. The van der Waals surface area contributed by atoms with Crippen molar-refractivity contribution in [3.8, 4) is 28.8 Å². The standard InChI is InChI=1S/C39H45N5O5.C8H16N2O3/c1-39(2,3)49-38(45)44-23-21-43(22-24-44)20-11-25-46-31-16-17-32-34(26-31)42(4)41-36(32)33-18-19-35(47-27-29-12-7-5-8-13-29)40-37(33)48-28-30-14-9-6-10-15-30;11-7-1-2-9-3-5-10(6-4-9)8(12)13/h5-10,12-19,26H,11,20-25,27-28H2,1-4H3;11H,1-7H2,(H,12,13). The zero-order chi connectivity index (χ0) is 43.9. The fourth-order valence-electron chi connectivity index (χ4n) is 7.19. The number of fused-ring (bicyclic) bond motifs is 1. The molecule has 2 amide bonds. The van der Waals surface area contributed by atoms with Gasteiger partial charge in [0.05, 0.1) is 17.7 Å². The molecular weight excluding hydrogens is 791 g/mol. The largest absolute Gasteiger partial charge is 0.493 e. The highest BCUT2D eigenvalue weighted by Crippen LogP contribution is 2.36. The van der Waals surface area contributed by atoms with Crippen LogP contribution in [0.4, 0.5) is 9.59 Å². The molecule has 0 saturated carbocycles. The van der Waals surface area contributed by atoms with Gasteiger partial charge in [0, 0.05) is 96.6 Å². The molecular formula is C47H61N7O8. The normalized spacial score (nSPS) is 14.9. The van der Waals surface area contributed by atoms with Crippen molar-refractivity contribution in [2.75, 3.05) is 78.7 Å². The summed E-state index contributed by atoms with van der Waals surface area (Å²) in [5, 5.41) is 23.1. The van der Waals surface area contributed by atoms with Gasteiger partial charge < -0.3 is 39.0 Å². The fourth-order valence-corrected chi connectivity index (χ4v) is 7.19. The molecule has 0 atom stereocenters. The maximum atomic E-state index is 12.4. The second kappa shape index (κ2) is 22.3. The van der Waals surface area contributed by atoms with Crippen LogP contribution >= 0.6 is 0 Å². The molecule has 5 aromatic rings. The summed E-state index contributed by atoms with van der Waals surface area (Å²) in [7, 11) is 1.93. The summed E-state index contributed by atoms with van der Waals surface area (Å²) >= 11 is 0. The van der Waals surface area contributed by atoms with Crippen LogP contribution in [0.5, 0.6) is 17.5 Å². The lowest BCUT2D eigenvalue weighted by molar-refractivity contribution is 0.0142. The minimum absolute atomic E-state index is 0.207. The van der Waals surface area contributed by atoms with Gasteiger partial charge in [-0.15, -0.1) is 0 Å². The van der Waals surface area contributed by atoms with Gasteiger partial charge in [0.1, 0.15) is 30.3 Å². The second-order valence-corrected chi connectivity index (χ2v) is 16.4. The van der Waals surface area contributed by atoms with E-state index in [0.29, 0.717) is 57.8 Å². The number of aryl methyl sites for hydroxylation is 1. The highest BCUT2D eigenvalue weighted by molar-refractivity contribution is 5.95. The van der Waals surface area contributed by atoms with Crippen LogP contribution in [0.2, 0.25) is 0 Å². The van der Waals surface area contributed by atoms with Gasteiger partial charge >= 0.3 is 12.2 Å². The van der Waals surface area contributed by atoms with Gasteiger partial charge in [-0.05, 0) is 62.9 Å². The minimum Gasteiger partial charge on any atom is -0.493 e. The summed E-state index contributed by atoms with van der Waals surface area (Å²) < 4.78 is 25.9. The van der Waals surface area contributed by atoms with E-state index in [0.717, 1.165) is 91.1 Å². The lowest BCUT2D eigenvalue weighted by Crippen LogP contribution is -2.50. The van der Waals surface area contributed by atoms with Gasteiger partial charge in [-0.2, -0.15) is 10.1 Å². The molecule has 332 valence electrons. The van der Waals surface area contributed by atoms with Crippen LogP contribution in [0.25, 0.3) is 22.2 Å². The number of aliphatic hydroxyl groups excluding tert-OH is 1.